The summed E-state index contributed by atoms with van der Waals surface area (Å²) in [5.41, 5.74) is 2.52. The highest BCUT2D eigenvalue weighted by atomic mass is 16.5. The molecule has 4 rings (SSSR count). The van der Waals surface area contributed by atoms with Crippen molar-refractivity contribution in [2.24, 2.45) is 7.05 Å². The molecule has 1 aliphatic heterocycles. The molecule has 1 aromatic heterocycles. The second kappa shape index (κ2) is 7.90. The van der Waals surface area contributed by atoms with Gasteiger partial charge >= 0.3 is 0 Å². The van der Waals surface area contributed by atoms with Crippen molar-refractivity contribution in [1.82, 2.24) is 15.1 Å². The molecule has 2 aliphatic rings. The van der Waals surface area contributed by atoms with E-state index in [9.17, 15) is 5.11 Å². The standard InChI is InChI=1S/C21H29N3O3/c1-24-14-17(13-22-15-21(25)8-3-2-4-9-21)20(23-24)16-6-7-18-19(12-16)27-11-5-10-26-18/h6-7,12,14,22,25H,2-5,8-11,13,15H2,1H3. The van der Waals surface area contributed by atoms with E-state index in [1.165, 1.54) is 6.42 Å². The van der Waals surface area contributed by atoms with Crippen LogP contribution in [-0.4, -0.2) is 40.2 Å². The number of fused-ring (bicyclic) bond motifs is 1. The third-order valence-corrected chi connectivity index (χ3v) is 5.48. The number of aliphatic hydroxyl groups is 1. The van der Waals surface area contributed by atoms with Gasteiger partial charge in [-0.2, -0.15) is 5.10 Å². The zero-order valence-corrected chi connectivity index (χ0v) is 16.0. The Morgan fingerprint density at radius 2 is 1.89 bits per heavy atom. The monoisotopic (exact) mass is 371 g/mol. The third-order valence-electron chi connectivity index (χ3n) is 5.48. The van der Waals surface area contributed by atoms with Crippen molar-refractivity contribution >= 4 is 0 Å². The Labute approximate surface area is 160 Å². The molecule has 1 saturated carbocycles. The van der Waals surface area contributed by atoms with Crippen LogP contribution in [0.5, 0.6) is 11.5 Å². The predicted octanol–water partition coefficient (Wildman–Crippen LogP) is 3.03. The maximum atomic E-state index is 10.7. The van der Waals surface area contributed by atoms with Crippen LogP contribution in [0.3, 0.4) is 0 Å². The van der Waals surface area contributed by atoms with E-state index in [1.807, 2.05) is 36.1 Å². The van der Waals surface area contributed by atoms with E-state index in [0.29, 0.717) is 26.3 Å². The molecule has 6 nitrogen and oxygen atoms in total. The molecule has 1 fully saturated rings. The van der Waals surface area contributed by atoms with Crippen molar-refractivity contribution in [3.05, 3.63) is 30.0 Å². The van der Waals surface area contributed by atoms with Gasteiger partial charge < -0.3 is 19.9 Å². The molecular weight excluding hydrogens is 342 g/mol. The number of aryl methyl sites for hydroxylation is 1. The Hall–Kier alpha value is -2.05. The number of ether oxygens (including phenoxy) is 2. The molecule has 0 bridgehead atoms. The van der Waals surface area contributed by atoms with Crippen LogP contribution in [0.4, 0.5) is 0 Å². The van der Waals surface area contributed by atoms with Crippen LogP contribution < -0.4 is 14.8 Å². The molecule has 27 heavy (non-hydrogen) atoms. The van der Waals surface area contributed by atoms with Crippen LogP contribution in [0.1, 0.15) is 44.1 Å². The van der Waals surface area contributed by atoms with Crippen molar-refractivity contribution in [2.45, 2.75) is 50.7 Å². The SMILES string of the molecule is Cn1cc(CNCC2(O)CCCCC2)c(-c2ccc3c(c2)OCCCO3)n1. The van der Waals surface area contributed by atoms with Crippen molar-refractivity contribution < 1.29 is 14.6 Å². The minimum atomic E-state index is -0.560. The Bertz CT molecular complexity index is 781. The molecule has 0 radical (unpaired) electrons. The van der Waals surface area contributed by atoms with Gasteiger partial charge in [0.1, 0.15) is 0 Å². The lowest BCUT2D eigenvalue weighted by molar-refractivity contribution is 0.00468. The quantitative estimate of drug-likeness (QED) is 0.846. The van der Waals surface area contributed by atoms with Crippen LogP contribution in [0, 0.1) is 0 Å². The van der Waals surface area contributed by atoms with Gasteiger partial charge in [0, 0.05) is 43.9 Å². The largest absolute Gasteiger partial charge is 0.490 e. The molecule has 6 heteroatoms. The number of rotatable bonds is 5. The van der Waals surface area contributed by atoms with Gasteiger partial charge in [-0.15, -0.1) is 0 Å². The highest BCUT2D eigenvalue weighted by Crippen LogP contribution is 2.35. The van der Waals surface area contributed by atoms with Crippen molar-refractivity contribution in [3.8, 4) is 22.8 Å². The summed E-state index contributed by atoms with van der Waals surface area (Å²) >= 11 is 0. The summed E-state index contributed by atoms with van der Waals surface area (Å²) in [6.07, 6.45) is 8.19. The van der Waals surface area contributed by atoms with Gasteiger partial charge in [-0.1, -0.05) is 19.3 Å². The molecule has 1 aliphatic carbocycles. The maximum absolute atomic E-state index is 10.7. The van der Waals surface area contributed by atoms with Crippen LogP contribution in [-0.2, 0) is 13.6 Å². The molecule has 2 N–H and O–H groups in total. The molecule has 0 spiro atoms. The van der Waals surface area contributed by atoms with Crippen molar-refractivity contribution in [3.63, 3.8) is 0 Å². The van der Waals surface area contributed by atoms with E-state index >= 15 is 0 Å². The summed E-state index contributed by atoms with van der Waals surface area (Å²) in [6, 6.07) is 6.02. The molecule has 2 heterocycles. The lowest BCUT2D eigenvalue weighted by Gasteiger charge is -2.32. The topological polar surface area (TPSA) is 68.5 Å². The first-order valence-corrected chi connectivity index (χ1v) is 9.99. The van der Waals surface area contributed by atoms with E-state index in [-0.39, 0.29) is 0 Å². The van der Waals surface area contributed by atoms with E-state index in [2.05, 4.69) is 10.4 Å². The number of hydrogen-bond donors (Lipinski definition) is 2. The van der Waals surface area contributed by atoms with E-state index in [0.717, 1.165) is 60.4 Å². The number of hydrogen-bond acceptors (Lipinski definition) is 5. The first-order chi connectivity index (χ1) is 13.1. The third kappa shape index (κ3) is 4.28. The minimum Gasteiger partial charge on any atom is -0.490 e. The predicted molar refractivity (Wildman–Crippen MR) is 104 cm³/mol. The van der Waals surface area contributed by atoms with E-state index in [1.54, 1.807) is 0 Å². The summed E-state index contributed by atoms with van der Waals surface area (Å²) in [6.45, 7) is 2.67. The van der Waals surface area contributed by atoms with Gasteiger partial charge in [0.15, 0.2) is 11.5 Å². The first-order valence-electron chi connectivity index (χ1n) is 9.99. The molecule has 2 aromatic rings. The molecule has 146 valence electrons. The Balaban J connectivity index is 1.48. The average molecular weight is 371 g/mol. The number of aromatic nitrogens is 2. The molecule has 1 aromatic carbocycles. The summed E-state index contributed by atoms with van der Waals surface area (Å²) in [5.74, 6) is 1.58. The van der Waals surface area contributed by atoms with Gasteiger partial charge in [0.2, 0.25) is 0 Å². The Morgan fingerprint density at radius 3 is 2.70 bits per heavy atom. The van der Waals surface area contributed by atoms with Gasteiger partial charge in [0.05, 0.1) is 24.5 Å². The summed E-state index contributed by atoms with van der Waals surface area (Å²) < 4.78 is 13.4. The number of nitrogens with one attached hydrogen (secondary N) is 1. The Morgan fingerprint density at radius 1 is 1.11 bits per heavy atom. The summed E-state index contributed by atoms with van der Waals surface area (Å²) in [5, 5.41) is 18.8. The van der Waals surface area contributed by atoms with E-state index in [4.69, 9.17) is 9.47 Å². The second-order valence-electron chi connectivity index (χ2n) is 7.78. The number of benzene rings is 1. The van der Waals surface area contributed by atoms with Gasteiger partial charge in [-0.25, -0.2) is 0 Å². The minimum absolute atomic E-state index is 0.560. The highest BCUT2D eigenvalue weighted by Gasteiger charge is 2.28. The molecule has 0 amide bonds. The first kappa shape index (κ1) is 18.3. The summed E-state index contributed by atoms with van der Waals surface area (Å²) in [7, 11) is 1.94. The molecule has 0 unspecified atom stereocenters. The van der Waals surface area contributed by atoms with Crippen molar-refractivity contribution in [2.75, 3.05) is 19.8 Å². The normalized spacial score (nSPS) is 18.9. The zero-order valence-electron chi connectivity index (χ0n) is 16.0. The fourth-order valence-electron chi connectivity index (χ4n) is 4.04. The van der Waals surface area contributed by atoms with Crippen LogP contribution in [0.25, 0.3) is 11.3 Å². The lowest BCUT2D eigenvalue weighted by atomic mass is 9.85. The Kier molecular flexibility index (Phi) is 5.36. The molecule has 0 saturated heterocycles. The lowest BCUT2D eigenvalue weighted by Crippen LogP contribution is -2.41. The average Bonchev–Trinajstić information content (AvgIpc) is 2.88. The van der Waals surface area contributed by atoms with Gasteiger partial charge in [-0.05, 0) is 31.0 Å². The van der Waals surface area contributed by atoms with Crippen LogP contribution >= 0.6 is 0 Å². The molecule has 0 atom stereocenters. The van der Waals surface area contributed by atoms with E-state index < -0.39 is 5.60 Å². The molecular formula is C21H29N3O3. The summed E-state index contributed by atoms with van der Waals surface area (Å²) in [4.78, 5) is 0. The second-order valence-corrected chi connectivity index (χ2v) is 7.78. The smallest absolute Gasteiger partial charge is 0.161 e. The number of nitrogens with zero attached hydrogens (tertiary/aromatic N) is 2. The fourth-order valence-corrected chi connectivity index (χ4v) is 4.04. The van der Waals surface area contributed by atoms with Gasteiger partial charge in [0.25, 0.3) is 0 Å². The van der Waals surface area contributed by atoms with Crippen LogP contribution in [0.2, 0.25) is 0 Å². The zero-order chi connectivity index (χ0) is 18.7. The maximum Gasteiger partial charge on any atom is 0.161 e. The van der Waals surface area contributed by atoms with Gasteiger partial charge in [-0.3, -0.25) is 4.68 Å². The fraction of sp³-hybridized carbons (Fsp3) is 0.571. The van der Waals surface area contributed by atoms with Crippen molar-refractivity contribution in [1.29, 1.82) is 0 Å². The van der Waals surface area contributed by atoms with Crippen LogP contribution in [0.15, 0.2) is 24.4 Å². The highest BCUT2D eigenvalue weighted by molar-refractivity contribution is 5.66.